The van der Waals surface area contributed by atoms with E-state index in [-0.39, 0.29) is 30.1 Å². The Balaban J connectivity index is 2.38. The molecule has 0 unspecified atom stereocenters. The van der Waals surface area contributed by atoms with Crippen molar-refractivity contribution in [3.8, 4) is 0 Å². The maximum atomic E-state index is 13.2. The Hall–Kier alpha value is -2.09. The lowest BCUT2D eigenvalue weighted by atomic mass is 9.73. The highest BCUT2D eigenvalue weighted by Crippen LogP contribution is 2.31. The lowest BCUT2D eigenvalue weighted by Gasteiger charge is -2.34. The third kappa shape index (κ3) is 7.45. The van der Waals surface area contributed by atoms with Gasteiger partial charge in [-0.3, -0.25) is 9.59 Å². The number of rotatable bonds is 2. The second-order valence-electron chi connectivity index (χ2n) is 10.2. The number of carbonyl (C=O) groups excluding carboxylic acids is 2. The van der Waals surface area contributed by atoms with Crippen LogP contribution >= 0.6 is 11.3 Å². The minimum atomic E-state index is -1.17. The molecule has 5 atom stereocenters. The molecule has 6 nitrogen and oxygen atoms in total. The summed E-state index contributed by atoms with van der Waals surface area (Å²) in [5, 5.41) is 27.6. The first-order valence-corrected chi connectivity index (χ1v) is 12.8. The van der Waals surface area contributed by atoms with E-state index < -0.39 is 23.5 Å². The first-order valence-electron chi connectivity index (χ1n) is 12.0. The molecule has 34 heavy (non-hydrogen) atoms. The molecule has 0 saturated heterocycles. The van der Waals surface area contributed by atoms with E-state index in [0.29, 0.717) is 12.8 Å². The molecular weight excluding hydrogens is 448 g/mol. The van der Waals surface area contributed by atoms with Gasteiger partial charge in [-0.1, -0.05) is 51.5 Å². The van der Waals surface area contributed by atoms with Gasteiger partial charge >= 0.3 is 0 Å². The Labute approximate surface area is 207 Å². The molecule has 0 aliphatic carbocycles. The summed E-state index contributed by atoms with van der Waals surface area (Å²) in [6.07, 6.45) is 7.09. The van der Waals surface area contributed by atoms with Crippen LogP contribution < -0.4 is 5.32 Å². The third-order valence-electron chi connectivity index (χ3n) is 6.82. The van der Waals surface area contributed by atoms with Crippen LogP contribution in [0.15, 0.2) is 34.8 Å². The van der Waals surface area contributed by atoms with Crippen LogP contribution in [-0.4, -0.2) is 45.1 Å². The van der Waals surface area contributed by atoms with E-state index in [9.17, 15) is 19.8 Å². The average molecular weight is 489 g/mol. The zero-order chi connectivity index (χ0) is 25.6. The van der Waals surface area contributed by atoms with E-state index >= 15 is 0 Å². The molecule has 0 aromatic carbocycles. The van der Waals surface area contributed by atoms with Crippen molar-refractivity contribution in [1.29, 1.82) is 0 Å². The monoisotopic (exact) mass is 488 g/mol. The van der Waals surface area contributed by atoms with Crippen molar-refractivity contribution in [2.45, 2.75) is 86.0 Å². The fourth-order valence-corrected chi connectivity index (χ4v) is 4.77. The first-order chi connectivity index (χ1) is 15.8. The average Bonchev–Trinajstić information content (AvgIpc) is 3.18. The van der Waals surface area contributed by atoms with Gasteiger partial charge in [0.25, 0.3) is 0 Å². The quantitative estimate of drug-likeness (QED) is 0.564. The smallest absolute Gasteiger partial charge is 0.223 e. The third-order valence-corrected chi connectivity index (χ3v) is 7.61. The van der Waals surface area contributed by atoms with E-state index in [1.807, 2.05) is 51.3 Å². The Morgan fingerprint density at radius 2 is 1.88 bits per heavy atom. The van der Waals surface area contributed by atoms with Crippen LogP contribution in [0.3, 0.4) is 0 Å². The summed E-state index contributed by atoms with van der Waals surface area (Å²) < 4.78 is 0. The Morgan fingerprint density at radius 1 is 1.21 bits per heavy atom. The van der Waals surface area contributed by atoms with Gasteiger partial charge in [0, 0.05) is 11.3 Å². The van der Waals surface area contributed by atoms with E-state index in [2.05, 4.69) is 16.4 Å². The van der Waals surface area contributed by atoms with E-state index in [4.69, 9.17) is 0 Å². The van der Waals surface area contributed by atoms with Crippen LogP contribution in [0, 0.1) is 24.2 Å². The number of aliphatic hydroxyl groups excluding tert-OH is 2. The predicted octanol–water partition coefficient (Wildman–Crippen LogP) is 4.62. The fraction of sp³-hybridized carbons (Fsp3) is 0.593. The van der Waals surface area contributed by atoms with Crippen LogP contribution in [0.5, 0.6) is 0 Å². The number of Topliss-reactive ketones (excluding diaryl/α,β-unsaturated/α-hetero) is 1. The molecule has 7 heteroatoms. The van der Waals surface area contributed by atoms with Gasteiger partial charge in [-0.2, -0.15) is 0 Å². The number of nitrogens with zero attached hydrogens (tertiary/aromatic N) is 1. The summed E-state index contributed by atoms with van der Waals surface area (Å²) in [6, 6.07) is -0.267. The molecule has 1 aliphatic heterocycles. The van der Waals surface area contributed by atoms with E-state index in [1.165, 1.54) is 0 Å². The molecular formula is C27H40N2O4S. The number of amides is 1. The van der Waals surface area contributed by atoms with Crippen LogP contribution in [0.1, 0.15) is 71.5 Å². The van der Waals surface area contributed by atoms with Gasteiger partial charge in [0.05, 0.1) is 40.8 Å². The number of nitrogens with one attached hydrogen (secondary N) is 1. The summed E-state index contributed by atoms with van der Waals surface area (Å²) in [6.45, 7) is 12.8. The number of allylic oxidation sites excluding steroid dienone is 3. The van der Waals surface area contributed by atoms with Crippen molar-refractivity contribution in [1.82, 2.24) is 10.3 Å². The van der Waals surface area contributed by atoms with Gasteiger partial charge in [0.2, 0.25) is 5.91 Å². The highest BCUT2D eigenvalue weighted by Gasteiger charge is 2.42. The lowest BCUT2D eigenvalue weighted by molar-refractivity contribution is -0.143. The van der Waals surface area contributed by atoms with Gasteiger partial charge in [-0.25, -0.2) is 4.98 Å². The topological polar surface area (TPSA) is 99.5 Å². The summed E-state index contributed by atoms with van der Waals surface area (Å²) in [4.78, 5) is 30.6. The second kappa shape index (κ2) is 12.0. The number of ketones is 1. The van der Waals surface area contributed by atoms with Gasteiger partial charge < -0.3 is 15.5 Å². The van der Waals surface area contributed by atoms with Crippen LogP contribution in [0.2, 0.25) is 0 Å². The summed E-state index contributed by atoms with van der Waals surface area (Å²) in [5.74, 6) is -1.34. The number of hydrogen-bond donors (Lipinski definition) is 3. The van der Waals surface area contributed by atoms with Crippen molar-refractivity contribution in [2.24, 2.45) is 17.3 Å². The molecule has 0 radical (unpaired) electrons. The molecule has 3 N–H and O–H groups in total. The predicted molar refractivity (Wildman–Crippen MR) is 138 cm³/mol. The molecule has 0 saturated carbocycles. The largest absolute Gasteiger partial charge is 0.392 e. The number of carbonyl (C=O) groups is 2. The SMILES string of the molecule is CC1=C/C[C@@H](/C(C)=C/c2csc(C)n2)NC(=O)C[C@H](O)C(C)(C)C(=O)[C@H](C)[C@@H](O)[C@@H](C)C\C=C\1. The Bertz CT molecular complexity index is 960. The van der Waals surface area contributed by atoms with Crippen molar-refractivity contribution in [3.63, 3.8) is 0 Å². The molecule has 1 aromatic rings. The van der Waals surface area contributed by atoms with Crippen LogP contribution in [0.25, 0.3) is 6.08 Å². The molecule has 0 spiro atoms. The molecule has 2 rings (SSSR count). The van der Waals surface area contributed by atoms with Crippen LogP contribution in [-0.2, 0) is 9.59 Å². The molecule has 0 bridgehead atoms. The summed E-state index contributed by atoms with van der Waals surface area (Å²) >= 11 is 1.57. The van der Waals surface area contributed by atoms with E-state index in [1.54, 1.807) is 32.1 Å². The summed E-state index contributed by atoms with van der Waals surface area (Å²) in [5.41, 5.74) is 1.70. The number of hydrogen-bond acceptors (Lipinski definition) is 6. The van der Waals surface area contributed by atoms with Crippen molar-refractivity contribution in [2.75, 3.05) is 0 Å². The van der Waals surface area contributed by atoms with Gasteiger partial charge in [-0.05, 0) is 51.2 Å². The number of aryl methyl sites for hydroxylation is 1. The lowest BCUT2D eigenvalue weighted by Crippen LogP contribution is -2.47. The van der Waals surface area contributed by atoms with Crippen molar-refractivity contribution in [3.05, 3.63) is 45.5 Å². The number of thiazole rings is 1. The minimum Gasteiger partial charge on any atom is -0.392 e. The molecule has 188 valence electrons. The molecule has 1 amide bonds. The van der Waals surface area contributed by atoms with Gasteiger partial charge in [0.15, 0.2) is 0 Å². The molecule has 1 aromatic heterocycles. The summed E-state index contributed by atoms with van der Waals surface area (Å²) in [7, 11) is 0. The minimum absolute atomic E-state index is 0.119. The number of aliphatic hydroxyl groups is 2. The normalized spacial score (nSPS) is 32.6. The molecule has 1 aliphatic rings. The maximum absolute atomic E-state index is 13.2. The van der Waals surface area contributed by atoms with E-state index in [0.717, 1.165) is 21.8 Å². The number of aromatic nitrogens is 1. The molecule has 2 heterocycles. The Kier molecular flexibility index (Phi) is 9.97. The highest BCUT2D eigenvalue weighted by atomic mass is 32.1. The fourth-order valence-electron chi connectivity index (χ4n) is 4.20. The van der Waals surface area contributed by atoms with Gasteiger partial charge in [-0.15, -0.1) is 11.3 Å². The highest BCUT2D eigenvalue weighted by molar-refractivity contribution is 7.09. The standard InChI is InChI=1S/C27H40N2O4S/c1-16-9-8-10-17(2)25(32)19(4)26(33)27(6,7)23(30)14-24(31)29-22(12-11-16)18(3)13-21-15-34-20(5)28-21/h8-9,11,13,15,17,19,22-23,25,30,32H,10,12,14H2,1-7H3,(H,29,31)/b9-8+,16-11-,18-13+/t17-,19+,22-,23-,25-/m0/s1. The maximum Gasteiger partial charge on any atom is 0.223 e. The zero-order valence-corrected chi connectivity index (χ0v) is 22.3. The van der Waals surface area contributed by atoms with Crippen LogP contribution in [0.4, 0.5) is 0 Å². The van der Waals surface area contributed by atoms with Gasteiger partial charge in [0.1, 0.15) is 5.78 Å². The van der Waals surface area contributed by atoms with Crippen molar-refractivity contribution >= 4 is 29.1 Å². The first kappa shape index (κ1) is 28.1. The molecule has 0 fully saturated rings. The zero-order valence-electron chi connectivity index (χ0n) is 21.5. The van der Waals surface area contributed by atoms with Crippen molar-refractivity contribution < 1.29 is 19.8 Å². The Morgan fingerprint density at radius 3 is 2.50 bits per heavy atom. The second-order valence-corrected chi connectivity index (χ2v) is 11.2.